The van der Waals surface area contributed by atoms with Crippen LogP contribution in [0.5, 0.6) is 5.75 Å². The van der Waals surface area contributed by atoms with E-state index < -0.39 is 0 Å². The second-order valence-electron chi connectivity index (χ2n) is 4.84. The number of amides is 1. The number of anilines is 1. The fraction of sp³-hybridized carbons (Fsp3) is 0.467. The molecule has 1 aliphatic heterocycles. The lowest BCUT2D eigenvalue weighted by atomic mass is 10.1. The number of thiocarbonyl (C=S) groups is 1. The molecular formula is C15H20N2O3S2. The highest BCUT2D eigenvalue weighted by atomic mass is 32.2. The van der Waals surface area contributed by atoms with Crippen LogP contribution in [0.1, 0.15) is 18.9 Å². The zero-order chi connectivity index (χ0) is 16.1. The monoisotopic (exact) mass is 340 g/mol. The van der Waals surface area contributed by atoms with Crippen molar-refractivity contribution < 1.29 is 14.6 Å². The molecule has 0 unspecified atom stereocenters. The molecule has 0 bridgehead atoms. The molecule has 5 nitrogen and oxygen atoms in total. The topological polar surface area (TPSA) is 61.8 Å². The van der Waals surface area contributed by atoms with E-state index >= 15 is 0 Å². The molecule has 120 valence electrons. The predicted octanol–water partition coefficient (Wildman–Crippen LogP) is 1.92. The standard InChI is InChI=1S/C15H20N2O3S2/c1-3-20-13-5-4-11(8-10(13)9-18)17-14(19)12(6-7-22-2)16-15(17)21/h4-5,8,12,18H,3,6-7,9H2,1-2H3,(H,16,21)/t12-/m0/s1. The van der Waals surface area contributed by atoms with Crippen LogP contribution < -0.4 is 15.0 Å². The number of benzene rings is 1. The maximum Gasteiger partial charge on any atom is 0.255 e. The summed E-state index contributed by atoms with van der Waals surface area (Å²) < 4.78 is 5.46. The highest BCUT2D eigenvalue weighted by molar-refractivity contribution is 7.98. The molecule has 1 heterocycles. The van der Waals surface area contributed by atoms with Crippen molar-refractivity contribution in [3.05, 3.63) is 23.8 Å². The van der Waals surface area contributed by atoms with Gasteiger partial charge in [0.15, 0.2) is 5.11 Å². The van der Waals surface area contributed by atoms with E-state index in [1.807, 2.05) is 13.2 Å². The summed E-state index contributed by atoms with van der Waals surface area (Å²) in [6.45, 7) is 2.25. The second kappa shape index (κ2) is 7.80. The first-order valence-corrected chi connectivity index (χ1v) is 8.92. The Labute approximate surface area is 140 Å². The van der Waals surface area contributed by atoms with Crippen molar-refractivity contribution in [2.75, 3.05) is 23.5 Å². The Balaban J connectivity index is 2.23. The van der Waals surface area contributed by atoms with Crippen LogP contribution in [0.2, 0.25) is 0 Å². The quantitative estimate of drug-likeness (QED) is 0.740. The van der Waals surface area contributed by atoms with Crippen LogP contribution in [0.15, 0.2) is 18.2 Å². The zero-order valence-electron chi connectivity index (χ0n) is 12.7. The maximum absolute atomic E-state index is 12.5. The molecule has 1 aromatic carbocycles. The Morgan fingerprint density at radius 1 is 1.50 bits per heavy atom. The summed E-state index contributed by atoms with van der Waals surface area (Å²) in [5.74, 6) is 1.47. The van der Waals surface area contributed by atoms with Gasteiger partial charge in [0, 0.05) is 5.56 Å². The molecule has 2 rings (SSSR count). The third kappa shape index (κ3) is 3.53. The number of carbonyl (C=O) groups excluding carboxylic acids is 1. The zero-order valence-corrected chi connectivity index (χ0v) is 14.3. The number of rotatable bonds is 7. The van der Waals surface area contributed by atoms with Gasteiger partial charge in [-0.25, -0.2) is 0 Å². The smallest absolute Gasteiger partial charge is 0.255 e. The Bertz CT molecular complexity index is 566. The van der Waals surface area contributed by atoms with E-state index in [0.717, 1.165) is 12.2 Å². The lowest BCUT2D eigenvalue weighted by Crippen LogP contribution is -2.31. The fourth-order valence-corrected chi connectivity index (χ4v) is 3.14. The van der Waals surface area contributed by atoms with Crippen molar-refractivity contribution in [3.8, 4) is 5.75 Å². The van der Waals surface area contributed by atoms with Crippen molar-refractivity contribution in [2.45, 2.75) is 26.0 Å². The van der Waals surface area contributed by atoms with Crippen LogP contribution in [-0.2, 0) is 11.4 Å². The molecule has 0 spiro atoms. The van der Waals surface area contributed by atoms with Crippen LogP contribution in [-0.4, -0.2) is 40.8 Å². The first kappa shape index (κ1) is 17.1. The van der Waals surface area contributed by atoms with Gasteiger partial charge in [-0.3, -0.25) is 9.69 Å². The SMILES string of the molecule is CCOc1ccc(N2C(=O)[C@H](CCSC)NC2=S)cc1CO. The maximum atomic E-state index is 12.5. The lowest BCUT2D eigenvalue weighted by molar-refractivity contribution is -0.118. The number of nitrogens with zero attached hydrogens (tertiary/aromatic N) is 1. The number of hydrogen-bond acceptors (Lipinski definition) is 5. The van der Waals surface area contributed by atoms with Gasteiger partial charge in [-0.1, -0.05) is 0 Å². The molecule has 1 atom stereocenters. The molecule has 22 heavy (non-hydrogen) atoms. The first-order chi connectivity index (χ1) is 10.6. The van der Waals surface area contributed by atoms with Crippen LogP contribution in [0.3, 0.4) is 0 Å². The molecule has 1 saturated heterocycles. The summed E-state index contributed by atoms with van der Waals surface area (Å²) in [6, 6.07) is 5.01. The van der Waals surface area contributed by atoms with Gasteiger partial charge in [0.05, 0.1) is 18.9 Å². The summed E-state index contributed by atoms with van der Waals surface area (Å²) in [7, 11) is 0. The van der Waals surface area contributed by atoms with E-state index in [1.54, 1.807) is 30.0 Å². The minimum absolute atomic E-state index is 0.0490. The number of thioether (sulfide) groups is 1. The molecular weight excluding hydrogens is 320 g/mol. The van der Waals surface area contributed by atoms with Crippen LogP contribution in [0.25, 0.3) is 0 Å². The molecule has 1 aromatic rings. The molecule has 2 N–H and O–H groups in total. The number of hydrogen-bond donors (Lipinski definition) is 2. The third-order valence-electron chi connectivity index (χ3n) is 3.40. The lowest BCUT2D eigenvalue weighted by Gasteiger charge is -2.17. The van der Waals surface area contributed by atoms with Gasteiger partial charge >= 0.3 is 0 Å². The summed E-state index contributed by atoms with van der Waals surface area (Å²) in [5.41, 5.74) is 1.30. The summed E-state index contributed by atoms with van der Waals surface area (Å²) in [6.07, 6.45) is 2.75. The number of aliphatic hydroxyl groups excluding tert-OH is 1. The van der Waals surface area contributed by atoms with Gasteiger partial charge in [-0.05, 0) is 55.8 Å². The minimum Gasteiger partial charge on any atom is -0.494 e. The Morgan fingerprint density at radius 2 is 2.27 bits per heavy atom. The van der Waals surface area contributed by atoms with Gasteiger partial charge in [-0.2, -0.15) is 11.8 Å². The van der Waals surface area contributed by atoms with Gasteiger partial charge in [-0.15, -0.1) is 0 Å². The summed E-state index contributed by atoms with van der Waals surface area (Å²) in [4.78, 5) is 14.0. The molecule has 0 aromatic heterocycles. The van der Waals surface area contributed by atoms with Crippen LogP contribution >= 0.6 is 24.0 Å². The molecule has 0 radical (unpaired) electrons. The minimum atomic E-state index is -0.274. The highest BCUT2D eigenvalue weighted by Crippen LogP contribution is 2.28. The Hall–Kier alpha value is -1.31. The van der Waals surface area contributed by atoms with E-state index in [2.05, 4.69) is 5.32 Å². The summed E-state index contributed by atoms with van der Waals surface area (Å²) >= 11 is 6.98. The van der Waals surface area contributed by atoms with Crippen molar-refractivity contribution in [1.82, 2.24) is 5.32 Å². The van der Waals surface area contributed by atoms with E-state index in [-0.39, 0.29) is 18.6 Å². The molecule has 0 saturated carbocycles. The highest BCUT2D eigenvalue weighted by Gasteiger charge is 2.36. The molecule has 7 heteroatoms. The first-order valence-electron chi connectivity index (χ1n) is 7.12. The Kier molecular flexibility index (Phi) is 6.05. The van der Waals surface area contributed by atoms with Crippen LogP contribution in [0.4, 0.5) is 5.69 Å². The normalized spacial score (nSPS) is 17.8. The fourth-order valence-electron chi connectivity index (χ4n) is 2.33. The number of carbonyl (C=O) groups is 1. The van der Waals surface area contributed by atoms with E-state index in [4.69, 9.17) is 17.0 Å². The van der Waals surface area contributed by atoms with Crippen molar-refractivity contribution in [1.29, 1.82) is 0 Å². The van der Waals surface area contributed by atoms with Crippen molar-refractivity contribution >= 4 is 40.7 Å². The largest absolute Gasteiger partial charge is 0.494 e. The number of nitrogens with one attached hydrogen (secondary N) is 1. The van der Waals surface area contributed by atoms with Crippen molar-refractivity contribution in [2.24, 2.45) is 0 Å². The van der Waals surface area contributed by atoms with Crippen LogP contribution in [0, 0.1) is 0 Å². The van der Waals surface area contributed by atoms with Gasteiger partial charge in [0.2, 0.25) is 0 Å². The van der Waals surface area contributed by atoms with E-state index in [9.17, 15) is 9.90 Å². The van der Waals surface area contributed by atoms with E-state index in [0.29, 0.717) is 28.7 Å². The summed E-state index contributed by atoms with van der Waals surface area (Å²) in [5, 5.41) is 12.9. The number of ether oxygens (including phenoxy) is 1. The molecule has 0 aliphatic carbocycles. The molecule has 1 aliphatic rings. The predicted molar refractivity (Wildman–Crippen MR) is 93.5 cm³/mol. The van der Waals surface area contributed by atoms with Gasteiger partial charge < -0.3 is 15.2 Å². The Morgan fingerprint density at radius 3 is 2.91 bits per heavy atom. The average molecular weight is 340 g/mol. The number of aliphatic hydroxyl groups is 1. The molecule has 1 fully saturated rings. The second-order valence-corrected chi connectivity index (χ2v) is 6.21. The average Bonchev–Trinajstić information content (AvgIpc) is 2.80. The van der Waals surface area contributed by atoms with Gasteiger partial charge in [0.1, 0.15) is 11.8 Å². The molecule has 1 amide bonds. The van der Waals surface area contributed by atoms with Crippen molar-refractivity contribution in [3.63, 3.8) is 0 Å². The van der Waals surface area contributed by atoms with Gasteiger partial charge in [0.25, 0.3) is 5.91 Å². The van der Waals surface area contributed by atoms with E-state index in [1.165, 1.54) is 4.90 Å². The third-order valence-corrected chi connectivity index (χ3v) is 4.35.